The maximum atomic E-state index is 13.6. The Kier molecular flexibility index (Phi) is 4.03. The van der Waals surface area contributed by atoms with Gasteiger partial charge >= 0.3 is 6.03 Å². The minimum absolute atomic E-state index is 0.0346. The molecule has 0 spiro atoms. The Morgan fingerprint density at radius 2 is 2.06 bits per heavy atom. The zero-order valence-electron chi connectivity index (χ0n) is 9.97. The summed E-state index contributed by atoms with van der Waals surface area (Å²) in [7, 11) is 1.44. The largest absolute Gasteiger partial charge is 0.370 e. The summed E-state index contributed by atoms with van der Waals surface area (Å²) in [6.07, 6.45) is 0. The first kappa shape index (κ1) is 13.0. The lowest BCUT2D eigenvalue weighted by Gasteiger charge is -2.11. The van der Waals surface area contributed by atoms with Crippen LogP contribution >= 0.6 is 0 Å². The van der Waals surface area contributed by atoms with Gasteiger partial charge in [-0.1, -0.05) is 6.07 Å². The van der Waals surface area contributed by atoms with Crippen molar-refractivity contribution in [2.75, 3.05) is 12.4 Å². The minimum atomic E-state index is -0.626. The van der Waals surface area contributed by atoms with Gasteiger partial charge in [0.15, 0.2) is 5.96 Å². The highest BCUT2D eigenvalue weighted by Gasteiger charge is 2.10. The molecule has 4 N–H and O–H groups in total. The highest BCUT2D eigenvalue weighted by atomic mass is 19.1. The van der Waals surface area contributed by atoms with Gasteiger partial charge in [-0.3, -0.25) is 10.3 Å². The lowest BCUT2D eigenvalue weighted by atomic mass is 10.1. The van der Waals surface area contributed by atoms with E-state index >= 15 is 0 Å². The lowest BCUT2D eigenvalue weighted by Crippen LogP contribution is -2.39. The van der Waals surface area contributed by atoms with E-state index in [2.05, 4.69) is 15.6 Å². The van der Waals surface area contributed by atoms with Crippen molar-refractivity contribution >= 4 is 17.7 Å². The van der Waals surface area contributed by atoms with Crippen molar-refractivity contribution in [2.24, 2.45) is 10.7 Å². The predicted octanol–water partition coefficient (Wildman–Crippen LogP) is 1.51. The van der Waals surface area contributed by atoms with Crippen molar-refractivity contribution in [1.82, 2.24) is 5.32 Å². The van der Waals surface area contributed by atoms with Crippen LogP contribution in [0.4, 0.5) is 14.9 Å². The fraction of sp³-hybridized carbons (Fsp3) is 0.273. The molecule has 0 radical (unpaired) electrons. The number of aryl methyl sites for hydroxylation is 2. The first-order chi connectivity index (χ1) is 7.93. The standard InChI is InChI=1S/C11H15FN4O/c1-6-4-7(2)9(8(12)5-6)15-11(17)16-10(13)14-3/h4-5H,1-3H3,(H4,13,14,15,16,17). The normalized spacial score (nSPS) is 11.2. The van der Waals surface area contributed by atoms with Crippen LogP contribution in [0.2, 0.25) is 0 Å². The number of anilines is 1. The molecule has 92 valence electrons. The Hall–Kier alpha value is -2.11. The van der Waals surface area contributed by atoms with Gasteiger partial charge in [0.05, 0.1) is 5.69 Å². The number of carbonyl (C=O) groups is 1. The van der Waals surface area contributed by atoms with E-state index in [0.29, 0.717) is 5.56 Å². The molecular formula is C11H15FN4O. The van der Waals surface area contributed by atoms with Crippen molar-refractivity contribution in [3.8, 4) is 0 Å². The van der Waals surface area contributed by atoms with Gasteiger partial charge in [-0.2, -0.15) is 0 Å². The third kappa shape index (κ3) is 3.44. The lowest BCUT2D eigenvalue weighted by molar-refractivity contribution is 0.256. The average Bonchev–Trinajstić information content (AvgIpc) is 2.23. The van der Waals surface area contributed by atoms with E-state index in [9.17, 15) is 9.18 Å². The monoisotopic (exact) mass is 238 g/mol. The molecule has 17 heavy (non-hydrogen) atoms. The van der Waals surface area contributed by atoms with Gasteiger partial charge < -0.3 is 11.1 Å². The van der Waals surface area contributed by atoms with E-state index < -0.39 is 11.8 Å². The molecular weight excluding hydrogens is 223 g/mol. The highest BCUT2D eigenvalue weighted by molar-refractivity contribution is 6.02. The minimum Gasteiger partial charge on any atom is -0.370 e. The first-order valence-corrected chi connectivity index (χ1v) is 5.01. The number of hydrogen-bond acceptors (Lipinski definition) is 2. The number of urea groups is 1. The number of guanidine groups is 1. The molecule has 0 heterocycles. The molecule has 0 aromatic heterocycles. The van der Waals surface area contributed by atoms with Crippen molar-refractivity contribution in [3.05, 3.63) is 29.1 Å². The maximum absolute atomic E-state index is 13.6. The molecule has 1 aromatic rings. The van der Waals surface area contributed by atoms with Crippen LogP contribution in [-0.2, 0) is 0 Å². The number of nitrogens with two attached hydrogens (primary N) is 1. The Bertz CT molecular complexity index is 448. The number of rotatable bonds is 1. The number of nitrogens with zero attached hydrogens (tertiary/aromatic N) is 1. The van der Waals surface area contributed by atoms with E-state index in [1.807, 2.05) is 0 Å². The molecule has 1 aromatic carbocycles. The molecule has 1 rings (SSSR count). The maximum Gasteiger partial charge on any atom is 0.326 e. The fourth-order valence-electron chi connectivity index (χ4n) is 1.39. The molecule has 5 nitrogen and oxygen atoms in total. The summed E-state index contributed by atoms with van der Waals surface area (Å²) in [5.41, 5.74) is 6.88. The number of amides is 2. The smallest absolute Gasteiger partial charge is 0.326 e. The Morgan fingerprint density at radius 1 is 1.41 bits per heavy atom. The molecule has 2 amide bonds. The molecule has 0 aliphatic heterocycles. The van der Waals surface area contributed by atoms with Crippen LogP contribution in [0.1, 0.15) is 11.1 Å². The molecule has 0 unspecified atom stereocenters. The van der Waals surface area contributed by atoms with Crippen LogP contribution in [0.5, 0.6) is 0 Å². The van der Waals surface area contributed by atoms with Crippen LogP contribution in [-0.4, -0.2) is 19.0 Å². The van der Waals surface area contributed by atoms with Gasteiger partial charge in [0, 0.05) is 7.05 Å². The summed E-state index contributed by atoms with van der Waals surface area (Å²) < 4.78 is 13.6. The topological polar surface area (TPSA) is 79.5 Å². The Morgan fingerprint density at radius 3 is 2.59 bits per heavy atom. The van der Waals surface area contributed by atoms with E-state index in [1.54, 1.807) is 19.9 Å². The second-order valence-electron chi connectivity index (χ2n) is 3.63. The summed E-state index contributed by atoms with van der Waals surface area (Å²) in [4.78, 5) is 15.0. The molecule has 0 saturated heterocycles. The first-order valence-electron chi connectivity index (χ1n) is 5.01. The third-order valence-corrected chi connectivity index (χ3v) is 2.15. The zero-order valence-corrected chi connectivity index (χ0v) is 9.97. The zero-order chi connectivity index (χ0) is 13.0. The number of aliphatic imine (C=N–C) groups is 1. The molecule has 0 aliphatic rings. The van der Waals surface area contributed by atoms with Crippen LogP contribution in [0.3, 0.4) is 0 Å². The second-order valence-corrected chi connectivity index (χ2v) is 3.63. The predicted molar refractivity (Wildman–Crippen MR) is 65.6 cm³/mol. The molecule has 0 bridgehead atoms. The quantitative estimate of drug-likeness (QED) is 0.512. The summed E-state index contributed by atoms with van der Waals surface area (Å²) in [6, 6.07) is 2.49. The van der Waals surface area contributed by atoms with E-state index in [0.717, 1.165) is 5.56 Å². The highest BCUT2D eigenvalue weighted by Crippen LogP contribution is 2.20. The average molecular weight is 238 g/mol. The van der Waals surface area contributed by atoms with Crippen molar-refractivity contribution in [3.63, 3.8) is 0 Å². The van der Waals surface area contributed by atoms with Crippen molar-refractivity contribution in [2.45, 2.75) is 13.8 Å². The SMILES string of the molecule is CN=C(N)NC(=O)Nc1c(C)cc(C)cc1F. The van der Waals surface area contributed by atoms with Gasteiger partial charge in [0.1, 0.15) is 5.82 Å². The van der Waals surface area contributed by atoms with Crippen LogP contribution in [0.15, 0.2) is 17.1 Å². The third-order valence-electron chi connectivity index (χ3n) is 2.15. The van der Waals surface area contributed by atoms with Crippen LogP contribution in [0, 0.1) is 19.7 Å². The van der Waals surface area contributed by atoms with Crippen LogP contribution < -0.4 is 16.4 Å². The van der Waals surface area contributed by atoms with Gasteiger partial charge in [-0.15, -0.1) is 0 Å². The van der Waals surface area contributed by atoms with Gasteiger partial charge in [0.2, 0.25) is 0 Å². The van der Waals surface area contributed by atoms with Gasteiger partial charge in [-0.05, 0) is 31.0 Å². The number of carbonyl (C=O) groups excluding carboxylic acids is 1. The number of nitrogens with one attached hydrogen (secondary N) is 2. The van der Waals surface area contributed by atoms with Crippen molar-refractivity contribution < 1.29 is 9.18 Å². The van der Waals surface area contributed by atoms with Crippen molar-refractivity contribution in [1.29, 1.82) is 0 Å². The Labute approximate surface area is 98.9 Å². The molecule has 0 aliphatic carbocycles. The number of hydrogen-bond donors (Lipinski definition) is 3. The summed E-state index contributed by atoms with van der Waals surface area (Å²) in [5, 5.41) is 4.64. The second kappa shape index (κ2) is 5.29. The molecule has 0 fully saturated rings. The Balaban J connectivity index is 2.85. The van der Waals surface area contributed by atoms with E-state index in [4.69, 9.17) is 5.73 Å². The van der Waals surface area contributed by atoms with E-state index in [-0.39, 0.29) is 11.6 Å². The molecule has 0 atom stereocenters. The number of benzene rings is 1. The molecule has 6 heteroatoms. The van der Waals surface area contributed by atoms with Gasteiger partial charge in [0.25, 0.3) is 0 Å². The summed E-state index contributed by atoms with van der Waals surface area (Å²) in [5.74, 6) is -0.516. The number of halogens is 1. The van der Waals surface area contributed by atoms with Crippen LogP contribution in [0.25, 0.3) is 0 Å². The fourth-order valence-corrected chi connectivity index (χ4v) is 1.39. The molecule has 0 saturated carbocycles. The van der Waals surface area contributed by atoms with Gasteiger partial charge in [-0.25, -0.2) is 9.18 Å². The summed E-state index contributed by atoms with van der Waals surface area (Å²) >= 11 is 0. The summed E-state index contributed by atoms with van der Waals surface area (Å²) in [6.45, 7) is 3.49. The van der Waals surface area contributed by atoms with E-state index in [1.165, 1.54) is 13.1 Å².